The number of carbonyl (C=O) groups excluding carboxylic acids is 2. The number of thiophene rings is 1. The zero-order valence-electron chi connectivity index (χ0n) is 17.1. The molecule has 0 spiro atoms. The summed E-state index contributed by atoms with van der Waals surface area (Å²) in [6.45, 7) is 0.137. The number of amides is 2. The molecular formula is C22H19F2N3O4S2. The molecule has 1 atom stereocenters. The summed E-state index contributed by atoms with van der Waals surface area (Å²) in [6, 6.07) is 12.5. The highest BCUT2D eigenvalue weighted by Gasteiger charge is 2.39. The number of hydrazine groups is 1. The maximum Gasteiger partial charge on any atom is 0.279 e. The second-order valence-electron chi connectivity index (χ2n) is 7.34. The van der Waals surface area contributed by atoms with Crippen LogP contribution in [-0.4, -0.2) is 37.1 Å². The minimum Gasteiger partial charge on any atom is -0.271 e. The Labute approximate surface area is 193 Å². The fraction of sp³-hybridized carbons (Fsp3) is 0.182. The van der Waals surface area contributed by atoms with Crippen LogP contribution in [0.15, 0.2) is 65.6 Å². The lowest BCUT2D eigenvalue weighted by molar-refractivity contribution is -0.125. The van der Waals surface area contributed by atoms with Crippen LogP contribution in [-0.2, 0) is 14.8 Å². The van der Waals surface area contributed by atoms with E-state index in [0.717, 1.165) is 50.3 Å². The second kappa shape index (κ2) is 9.38. The highest BCUT2D eigenvalue weighted by molar-refractivity contribution is 7.89. The molecule has 0 bridgehead atoms. The summed E-state index contributed by atoms with van der Waals surface area (Å²) >= 11 is 1.16. The van der Waals surface area contributed by atoms with Crippen LogP contribution in [0, 0.1) is 11.6 Å². The largest absolute Gasteiger partial charge is 0.279 e. The van der Waals surface area contributed by atoms with Crippen molar-refractivity contribution in [3.8, 4) is 10.4 Å². The highest BCUT2D eigenvalue weighted by Crippen LogP contribution is 2.28. The van der Waals surface area contributed by atoms with Gasteiger partial charge in [0.1, 0.15) is 17.7 Å². The van der Waals surface area contributed by atoms with Gasteiger partial charge in [-0.3, -0.25) is 20.4 Å². The third-order valence-corrected chi connectivity index (χ3v) is 8.24. The standard InChI is InChI=1S/C22H19F2N3O4S2/c23-15-5-3-14(4-6-15)19-11-12-20(32-19)22(29)26-25-21(28)18-2-1-13-27(18)33(30,31)17-9-7-16(24)8-10-17/h3-12,18H,1-2,13H2,(H,25,28)(H,26,29)/t18-/m1/s1. The Kier molecular flexibility index (Phi) is 6.54. The first-order valence-electron chi connectivity index (χ1n) is 9.99. The van der Waals surface area contributed by atoms with Gasteiger partial charge in [0, 0.05) is 11.4 Å². The van der Waals surface area contributed by atoms with E-state index in [4.69, 9.17) is 0 Å². The maximum atomic E-state index is 13.2. The zero-order chi connectivity index (χ0) is 23.6. The molecule has 4 rings (SSSR count). The number of benzene rings is 2. The predicted octanol–water partition coefficient (Wildman–Crippen LogP) is 3.31. The van der Waals surface area contributed by atoms with Crippen LogP contribution < -0.4 is 10.9 Å². The van der Waals surface area contributed by atoms with E-state index in [0.29, 0.717) is 11.3 Å². The lowest BCUT2D eigenvalue weighted by Crippen LogP contribution is -2.51. The van der Waals surface area contributed by atoms with Crippen molar-refractivity contribution in [3.05, 3.63) is 77.2 Å². The molecule has 0 radical (unpaired) electrons. The summed E-state index contributed by atoms with van der Waals surface area (Å²) in [5.74, 6) is -2.16. The predicted molar refractivity (Wildman–Crippen MR) is 119 cm³/mol. The molecule has 0 unspecified atom stereocenters. The first kappa shape index (κ1) is 23.0. The first-order chi connectivity index (χ1) is 15.8. The summed E-state index contributed by atoms with van der Waals surface area (Å²) in [5, 5.41) is 0. The number of nitrogens with zero attached hydrogens (tertiary/aromatic N) is 1. The van der Waals surface area contributed by atoms with Crippen LogP contribution in [0.3, 0.4) is 0 Å². The Balaban J connectivity index is 1.40. The van der Waals surface area contributed by atoms with Gasteiger partial charge >= 0.3 is 0 Å². The van der Waals surface area contributed by atoms with Gasteiger partial charge in [-0.25, -0.2) is 17.2 Å². The summed E-state index contributed by atoms with van der Waals surface area (Å²) in [4.78, 5) is 26.1. The molecule has 1 saturated heterocycles. The van der Waals surface area contributed by atoms with E-state index < -0.39 is 33.7 Å². The molecule has 0 aliphatic carbocycles. The van der Waals surface area contributed by atoms with E-state index in [1.165, 1.54) is 12.1 Å². The van der Waals surface area contributed by atoms with Crippen LogP contribution in [0.25, 0.3) is 10.4 Å². The first-order valence-corrected chi connectivity index (χ1v) is 12.2. The molecule has 1 aliphatic heterocycles. The molecule has 2 amide bonds. The van der Waals surface area contributed by atoms with Gasteiger partial charge in [-0.1, -0.05) is 12.1 Å². The lowest BCUT2D eigenvalue weighted by Gasteiger charge is -2.23. The number of sulfonamides is 1. The summed E-state index contributed by atoms with van der Waals surface area (Å²) in [5.41, 5.74) is 5.35. The Morgan fingerprint density at radius 3 is 2.21 bits per heavy atom. The van der Waals surface area contributed by atoms with Crippen molar-refractivity contribution in [2.45, 2.75) is 23.8 Å². The summed E-state index contributed by atoms with van der Waals surface area (Å²) < 4.78 is 53.1. The number of carbonyl (C=O) groups is 2. The van der Waals surface area contributed by atoms with Crippen LogP contribution in [0.1, 0.15) is 22.5 Å². The number of hydrogen-bond donors (Lipinski definition) is 2. The van der Waals surface area contributed by atoms with Gasteiger partial charge in [0.15, 0.2) is 0 Å². The van der Waals surface area contributed by atoms with Gasteiger partial charge in [-0.2, -0.15) is 4.31 Å². The molecule has 1 fully saturated rings. The van der Waals surface area contributed by atoms with Gasteiger partial charge in [0.05, 0.1) is 9.77 Å². The summed E-state index contributed by atoms with van der Waals surface area (Å²) in [6.07, 6.45) is 0.758. The van der Waals surface area contributed by atoms with Crippen molar-refractivity contribution in [1.29, 1.82) is 0 Å². The van der Waals surface area contributed by atoms with Crippen LogP contribution in [0.5, 0.6) is 0 Å². The van der Waals surface area contributed by atoms with Gasteiger partial charge in [0.2, 0.25) is 10.0 Å². The van der Waals surface area contributed by atoms with Gasteiger partial charge < -0.3 is 0 Å². The third kappa shape index (κ3) is 4.95. The average molecular weight is 492 g/mol. The van der Waals surface area contributed by atoms with Crippen molar-refractivity contribution in [1.82, 2.24) is 15.2 Å². The normalized spacial score (nSPS) is 16.5. The Hall–Kier alpha value is -3.15. The molecule has 33 heavy (non-hydrogen) atoms. The van der Waals surface area contributed by atoms with Crippen LogP contribution in [0.2, 0.25) is 0 Å². The number of halogens is 2. The Morgan fingerprint density at radius 1 is 0.909 bits per heavy atom. The van der Waals surface area contributed by atoms with Gasteiger partial charge in [0.25, 0.3) is 11.8 Å². The van der Waals surface area contributed by atoms with Gasteiger partial charge in [-0.15, -0.1) is 11.3 Å². The number of rotatable bonds is 5. The van der Waals surface area contributed by atoms with Crippen molar-refractivity contribution in [2.24, 2.45) is 0 Å². The molecule has 3 aromatic rings. The fourth-order valence-electron chi connectivity index (χ4n) is 3.52. The minimum atomic E-state index is -4.00. The molecule has 0 saturated carbocycles. The molecule has 1 aromatic heterocycles. The SMILES string of the molecule is O=C(NNC(=O)[C@H]1CCCN1S(=O)(=O)c1ccc(F)cc1)c1ccc(-c2ccc(F)cc2)s1. The molecule has 7 nitrogen and oxygen atoms in total. The van der Waals surface area contributed by atoms with Crippen molar-refractivity contribution in [2.75, 3.05) is 6.54 Å². The minimum absolute atomic E-state index is 0.112. The van der Waals surface area contributed by atoms with E-state index in [2.05, 4.69) is 10.9 Å². The third-order valence-electron chi connectivity index (χ3n) is 5.18. The van der Waals surface area contributed by atoms with E-state index in [1.807, 2.05) is 0 Å². The monoisotopic (exact) mass is 491 g/mol. The topological polar surface area (TPSA) is 95.6 Å². The number of nitrogens with one attached hydrogen (secondary N) is 2. The molecule has 11 heteroatoms. The van der Waals surface area contributed by atoms with E-state index in [1.54, 1.807) is 24.3 Å². The Bertz CT molecular complexity index is 1280. The smallest absolute Gasteiger partial charge is 0.271 e. The van der Waals surface area contributed by atoms with E-state index in [9.17, 15) is 26.8 Å². The van der Waals surface area contributed by atoms with E-state index in [-0.39, 0.29) is 23.7 Å². The second-order valence-corrected chi connectivity index (χ2v) is 10.3. The molecule has 1 aliphatic rings. The average Bonchev–Trinajstić information content (AvgIpc) is 3.49. The van der Waals surface area contributed by atoms with Crippen LogP contribution >= 0.6 is 11.3 Å². The van der Waals surface area contributed by atoms with Crippen molar-refractivity contribution >= 4 is 33.2 Å². The highest BCUT2D eigenvalue weighted by atomic mass is 32.2. The fourth-order valence-corrected chi connectivity index (χ4v) is 6.09. The summed E-state index contributed by atoms with van der Waals surface area (Å²) in [7, 11) is -4.00. The molecule has 2 heterocycles. The van der Waals surface area contributed by atoms with Crippen molar-refractivity contribution in [3.63, 3.8) is 0 Å². The molecular weight excluding hydrogens is 472 g/mol. The van der Waals surface area contributed by atoms with Gasteiger partial charge in [-0.05, 0) is 66.9 Å². The van der Waals surface area contributed by atoms with Crippen molar-refractivity contribution < 1.29 is 26.8 Å². The van der Waals surface area contributed by atoms with E-state index >= 15 is 0 Å². The molecule has 2 aromatic carbocycles. The lowest BCUT2D eigenvalue weighted by atomic mass is 10.2. The Morgan fingerprint density at radius 2 is 1.55 bits per heavy atom. The molecule has 172 valence electrons. The van der Waals surface area contributed by atoms with Crippen LogP contribution in [0.4, 0.5) is 8.78 Å². The quantitative estimate of drug-likeness (QED) is 0.536. The zero-order valence-corrected chi connectivity index (χ0v) is 18.8. The number of hydrogen-bond acceptors (Lipinski definition) is 5. The molecule has 2 N–H and O–H groups in total. The maximum absolute atomic E-state index is 13.2.